The van der Waals surface area contributed by atoms with Crippen LogP contribution < -0.4 is 10.6 Å². The van der Waals surface area contributed by atoms with E-state index in [0.29, 0.717) is 0 Å². The van der Waals surface area contributed by atoms with Crippen LogP contribution in [0.2, 0.25) is 0 Å². The lowest BCUT2D eigenvalue weighted by Crippen LogP contribution is -2.51. The van der Waals surface area contributed by atoms with Gasteiger partial charge >= 0.3 is 6.09 Å². The summed E-state index contributed by atoms with van der Waals surface area (Å²) in [7, 11) is 0. The number of alkyl carbamates (subject to hydrolysis) is 1. The maximum absolute atomic E-state index is 12.1. The van der Waals surface area contributed by atoms with Crippen molar-refractivity contribution in [2.75, 3.05) is 0 Å². The van der Waals surface area contributed by atoms with E-state index in [1.807, 2.05) is 30.3 Å². The van der Waals surface area contributed by atoms with Crippen molar-refractivity contribution >= 4 is 18.1 Å². The van der Waals surface area contributed by atoms with Crippen molar-refractivity contribution < 1.29 is 19.1 Å². The van der Waals surface area contributed by atoms with Gasteiger partial charge in [0.2, 0.25) is 12.0 Å². The first-order valence-corrected chi connectivity index (χ1v) is 7.28. The molecule has 2 atom stereocenters. The van der Waals surface area contributed by atoms with E-state index in [-0.39, 0.29) is 12.5 Å². The van der Waals surface area contributed by atoms with Crippen molar-refractivity contribution in [1.82, 2.24) is 10.6 Å². The zero-order chi connectivity index (χ0) is 17.2. The van der Waals surface area contributed by atoms with Crippen molar-refractivity contribution in [3.63, 3.8) is 0 Å². The summed E-state index contributed by atoms with van der Waals surface area (Å²) in [5.74, 6) is -0.602. The molecule has 0 aromatic heterocycles. The van der Waals surface area contributed by atoms with E-state index in [4.69, 9.17) is 4.74 Å². The number of hydrogen-bond acceptors (Lipinski definition) is 5. The summed E-state index contributed by atoms with van der Waals surface area (Å²) in [6.07, 6.45) is -0.0226. The Labute approximate surface area is 135 Å². The van der Waals surface area contributed by atoms with E-state index in [1.165, 1.54) is 13.0 Å². The maximum atomic E-state index is 12.1. The van der Waals surface area contributed by atoms with E-state index in [9.17, 15) is 14.4 Å². The highest BCUT2D eigenvalue weighted by atomic mass is 16.5. The van der Waals surface area contributed by atoms with Gasteiger partial charge in [-0.15, -0.1) is 0 Å². The molecule has 0 heterocycles. The summed E-state index contributed by atoms with van der Waals surface area (Å²) in [6.45, 7) is 5.23. The zero-order valence-corrected chi connectivity index (χ0v) is 13.4. The van der Waals surface area contributed by atoms with Crippen LogP contribution in [0.4, 0.5) is 4.79 Å². The molecule has 0 saturated heterocycles. The highest BCUT2D eigenvalue weighted by Gasteiger charge is 2.25. The summed E-state index contributed by atoms with van der Waals surface area (Å²) in [5.41, 5.74) is 0.849. The summed E-state index contributed by atoms with van der Waals surface area (Å²) < 4.78 is 5.10. The molecule has 2 amide bonds. The van der Waals surface area contributed by atoms with Gasteiger partial charge < -0.3 is 15.4 Å². The summed E-state index contributed by atoms with van der Waals surface area (Å²) >= 11 is 0. The number of rotatable bonds is 7. The number of nitrogens with zero attached hydrogens (tertiary/aromatic N) is 1. The summed E-state index contributed by atoms with van der Waals surface area (Å²) in [6, 6.07) is 8.43. The second-order valence-electron chi connectivity index (χ2n) is 5.33. The van der Waals surface area contributed by atoms with E-state index < -0.39 is 24.2 Å². The molecule has 7 heteroatoms. The molecule has 0 fully saturated rings. The Morgan fingerprint density at radius 2 is 1.83 bits per heavy atom. The monoisotopic (exact) mass is 319 g/mol. The highest BCUT2D eigenvalue weighted by Crippen LogP contribution is 2.05. The molecule has 1 aromatic rings. The molecule has 0 bridgehead atoms. The number of amides is 2. The Kier molecular flexibility index (Phi) is 7.50. The first-order chi connectivity index (χ1) is 10.9. The number of benzene rings is 1. The first kappa shape index (κ1) is 18.4. The third-order valence-corrected chi connectivity index (χ3v) is 3.03. The van der Waals surface area contributed by atoms with Gasteiger partial charge in [-0.25, -0.2) is 9.59 Å². The standard InChI is InChI=1S/C16H21N3O4/c1-11(2)14(15(21)18-12(3)17-10-20)19-16(22)23-9-13-7-5-4-6-8-13/h4-8,11-12,14H,9H2,1-3H3,(H,18,21)(H,19,22)/t12-,14-/m0/s1. The van der Waals surface area contributed by atoms with Gasteiger partial charge in [-0.1, -0.05) is 44.2 Å². The third-order valence-electron chi connectivity index (χ3n) is 3.03. The Morgan fingerprint density at radius 1 is 1.17 bits per heavy atom. The SMILES string of the molecule is CC(C)[C@H](NC(=O)OCc1ccccc1)C(=O)N[C@@H](C)N=C=O. The van der Waals surface area contributed by atoms with Crippen molar-refractivity contribution in [3.8, 4) is 0 Å². The van der Waals surface area contributed by atoms with Crippen molar-refractivity contribution in [3.05, 3.63) is 35.9 Å². The van der Waals surface area contributed by atoms with Crippen LogP contribution >= 0.6 is 0 Å². The van der Waals surface area contributed by atoms with Crippen molar-refractivity contribution in [1.29, 1.82) is 0 Å². The van der Waals surface area contributed by atoms with Crippen LogP contribution in [0.25, 0.3) is 0 Å². The van der Waals surface area contributed by atoms with Crippen LogP contribution in [0.1, 0.15) is 26.3 Å². The maximum Gasteiger partial charge on any atom is 0.408 e. The largest absolute Gasteiger partial charge is 0.445 e. The third kappa shape index (κ3) is 6.76. The number of ether oxygens (including phenoxy) is 1. The number of aliphatic imine (C=N–C) groups is 1. The number of isocyanates is 1. The van der Waals surface area contributed by atoms with Gasteiger partial charge in [0.15, 0.2) is 0 Å². The molecule has 2 N–H and O–H groups in total. The fraction of sp³-hybridized carbons (Fsp3) is 0.438. The number of carbonyl (C=O) groups is 2. The van der Waals surface area contributed by atoms with E-state index >= 15 is 0 Å². The average molecular weight is 319 g/mol. The minimum atomic E-state index is -0.789. The van der Waals surface area contributed by atoms with E-state index in [1.54, 1.807) is 13.8 Å². The Morgan fingerprint density at radius 3 is 2.39 bits per heavy atom. The van der Waals surface area contributed by atoms with Gasteiger partial charge in [0.25, 0.3) is 0 Å². The van der Waals surface area contributed by atoms with Crippen LogP contribution in [0, 0.1) is 5.92 Å². The molecule has 0 aliphatic heterocycles. The first-order valence-electron chi connectivity index (χ1n) is 7.28. The molecule has 23 heavy (non-hydrogen) atoms. The van der Waals surface area contributed by atoms with Crippen LogP contribution in [-0.2, 0) is 20.9 Å². The summed E-state index contributed by atoms with van der Waals surface area (Å²) in [4.78, 5) is 37.5. The molecular weight excluding hydrogens is 298 g/mol. The Balaban J connectivity index is 2.55. The fourth-order valence-corrected chi connectivity index (χ4v) is 1.83. The molecule has 0 saturated carbocycles. The second-order valence-corrected chi connectivity index (χ2v) is 5.33. The predicted octanol–water partition coefficient (Wildman–Crippen LogP) is 1.74. The molecule has 0 spiro atoms. The predicted molar refractivity (Wildman–Crippen MR) is 84.1 cm³/mol. The van der Waals surface area contributed by atoms with Gasteiger partial charge in [0.05, 0.1) is 0 Å². The Bertz CT molecular complexity index is 568. The minimum Gasteiger partial charge on any atom is -0.445 e. The highest BCUT2D eigenvalue weighted by molar-refractivity contribution is 5.86. The lowest BCUT2D eigenvalue weighted by Gasteiger charge is -2.22. The second kappa shape index (κ2) is 9.38. The Hall–Kier alpha value is -2.66. The van der Waals surface area contributed by atoms with Crippen LogP contribution in [-0.4, -0.2) is 30.3 Å². The van der Waals surface area contributed by atoms with Crippen molar-refractivity contribution in [2.24, 2.45) is 10.9 Å². The van der Waals surface area contributed by atoms with Gasteiger partial charge in [-0.2, -0.15) is 4.99 Å². The number of hydrogen-bond donors (Lipinski definition) is 2. The lowest BCUT2D eigenvalue weighted by molar-refractivity contribution is -0.124. The molecule has 0 aliphatic carbocycles. The molecule has 124 valence electrons. The van der Waals surface area contributed by atoms with Crippen LogP contribution in [0.15, 0.2) is 35.3 Å². The van der Waals surface area contributed by atoms with Crippen molar-refractivity contribution in [2.45, 2.75) is 39.6 Å². The molecule has 1 rings (SSSR count). The van der Waals surface area contributed by atoms with E-state index in [2.05, 4.69) is 15.6 Å². The minimum absolute atomic E-state index is 0.116. The molecule has 7 nitrogen and oxygen atoms in total. The van der Waals surface area contributed by atoms with Gasteiger partial charge in [0, 0.05) is 0 Å². The van der Waals surface area contributed by atoms with Gasteiger partial charge in [0.1, 0.15) is 18.8 Å². The normalized spacial score (nSPS) is 12.7. The molecule has 0 aliphatic rings. The molecule has 0 radical (unpaired) electrons. The number of nitrogens with one attached hydrogen (secondary N) is 2. The molecular formula is C16H21N3O4. The van der Waals surface area contributed by atoms with E-state index in [0.717, 1.165) is 5.56 Å². The van der Waals surface area contributed by atoms with Crippen LogP contribution in [0.3, 0.4) is 0 Å². The smallest absolute Gasteiger partial charge is 0.408 e. The lowest BCUT2D eigenvalue weighted by atomic mass is 10.0. The molecule has 1 aromatic carbocycles. The topological polar surface area (TPSA) is 96.9 Å². The average Bonchev–Trinajstić information content (AvgIpc) is 2.51. The quantitative estimate of drug-likeness (QED) is 0.591. The van der Waals surface area contributed by atoms with Crippen LogP contribution in [0.5, 0.6) is 0 Å². The molecule has 0 unspecified atom stereocenters. The number of carbonyl (C=O) groups excluding carboxylic acids is 3. The van der Waals surface area contributed by atoms with Gasteiger partial charge in [-0.05, 0) is 18.4 Å². The van der Waals surface area contributed by atoms with Gasteiger partial charge in [-0.3, -0.25) is 4.79 Å². The summed E-state index contributed by atoms with van der Waals surface area (Å²) in [5, 5.41) is 5.02. The fourth-order valence-electron chi connectivity index (χ4n) is 1.83. The zero-order valence-electron chi connectivity index (χ0n) is 13.4.